The molecular weight excluding hydrogens is 252 g/mol. The van der Waals surface area contributed by atoms with Gasteiger partial charge in [0.1, 0.15) is 0 Å². The average molecular weight is 276 g/mol. The molecule has 1 heterocycles. The number of nitrogens with one attached hydrogen (secondary N) is 1. The molecule has 0 aliphatic carbocycles. The lowest BCUT2D eigenvalue weighted by Crippen LogP contribution is -2.40. The molecule has 1 aliphatic heterocycles. The van der Waals surface area contributed by atoms with Crippen LogP contribution in [0, 0.1) is 5.92 Å². The molecule has 2 unspecified atom stereocenters. The second-order valence-corrected chi connectivity index (χ2v) is 5.60. The first-order chi connectivity index (χ1) is 9.65. The first-order valence-corrected chi connectivity index (χ1v) is 7.29. The summed E-state index contributed by atoms with van der Waals surface area (Å²) in [6.45, 7) is 4.28. The maximum absolute atomic E-state index is 12.1. The molecule has 2 rings (SSSR count). The Labute approximate surface area is 121 Å². The molecule has 1 aromatic rings. The summed E-state index contributed by atoms with van der Waals surface area (Å²) in [7, 11) is 1.83. The van der Waals surface area contributed by atoms with Crippen LogP contribution >= 0.6 is 0 Å². The summed E-state index contributed by atoms with van der Waals surface area (Å²) >= 11 is 0. The summed E-state index contributed by atoms with van der Waals surface area (Å²) in [5.74, 6) is 0.535. The molecule has 0 spiro atoms. The minimum Gasteiger partial charge on any atom is -0.378 e. The van der Waals surface area contributed by atoms with Crippen LogP contribution in [0.2, 0.25) is 0 Å². The third-order valence-corrected chi connectivity index (χ3v) is 3.74. The molecular formula is C16H24N2O2. The normalized spacial score (nSPS) is 22.3. The number of carbonyl (C=O) groups excluding carboxylic acids is 1. The van der Waals surface area contributed by atoms with Crippen molar-refractivity contribution in [2.75, 3.05) is 20.2 Å². The van der Waals surface area contributed by atoms with E-state index in [0.29, 0.717) is 18.6 Å². The lowest BCUT2D eigenvalue weighted by Gasteiger charge is -2.28. The summed E-state index contributed by atoms with van der Waals surface area (Å²) in [6.07, 6.45) is 2.38. The Balaban J connectivity index is 1.74. The smallest absolute Gasteiger partial charge is 0.317 e. The molecule has 4 nitrogen and oxygen atoms in total. The van der Waals surface area contributed by atoms with Crippen molar-refractivity contribution < 1.29 is 9.53 Å². The van der Waals surface area contributed by atoms with Crippen molar-refractivity contribution in [3.05, 3.63) is 35.9 Å². The number of nitrogens with zero attached hydrogens (tertiary/aromatic N) is 1. The third-order valence-electron chi connectivity index (χ3n) is 3.74. The molecule has 0 bridgehead atoms. The summed E-state index contributed by atoms with van der Waals surface area (Å²) < 4.78 is 5.52. The number of amides is 2. The van der Waals surface area contributed by atoms with E-state index in [4.69, 9.17) is 4.74 Å². The van der Waals surface area contributed by atoms with Crippen molar-refractivity contribution in [2.45, 2.75) is 32.4 Å². The van der Waals surface area contributed by atoms with Gasteiger partial charge in [-0.1, -0.05) is 30.3 Å². The summed E-state index contributed by atoms with van der Waals surface area (Å²) in [4.78, 5) is 13.8. The molecule has 1 fully saturated rings. The van der Waals surface area contributed by atoms with Gasteiger partial charge in [-0.3, -0.25) is 0 Å². The number of ether oxygens (including phenoxy) is 1. The van der Waals surface area contributed by atoms with Crippen molar-refractivity contribution in [1.29, 1.82) is 0 Å². The van der Waals surface area contributed by atoms with E-state index in [1.54, 1.807) is 4.90 Å². The molecule has 20 heavy (non-hydrogen) atoms. The van der Waals surface area contributed by atoms with Gasteiger partial charge in [0.2, 0.25) is 0 Å². The topological polar surface area (TPSA) is 41.6 Å². The van der Waals surface area contributed by atoms with Crippen LogP contribution in [0.15, 0.2) is 30.3 Å². The van der Waals surface area contributed by atoms with Crippen molar-refractivity contribution in [1.82, 2.24) is 10.2 Å². The van der Waals surface area contributed by atoms with Crippen LogP contribution in [0.5, 0.6) is 0 Å². The molecule has 1 N–H and O–H groups in total. The number of benzene rings is 1. The van der Waals surface area contributed by atoms with E-state index in [0.717, 1.165) is 31.6 Å². The third kappa shape index (κ3) is 4.53. The van der Waals surface area contributed by atoms with Crippen LogP contribution in [0.1, 0.15) is 25.3 Å². The van der Waals surface area contributed by atoms with E-state index in [9.17, 15) is 4.79 Å². The molecule has 4 heteroatoms. The summed E-state index contributed by atoms with van der Waals surface area (Å²) in [5.41, 5.74) is 1.14. The van der Waals surface area contributed by atoms with E-state index in [2.05, 4.69) is 12.2 Å². The van der Waals surface area contributed by atoms with E-state index >= 15 is 0 Å². The van der Waals surface area contributed by atoms with Gasteiger partial charge in [-0.05, 0) is 31.2 Å². The molecule has 1 aromatic carbocycles. The van der Waals surface area contributed by atoms with Gasteiger partial charge in [-0.15, -0.1) is 0 Å². The number of hydrogen-bond donors (Lipinski definition) is 1. The summed E-state index contributed by atoms with van der Waals surface area (Å²) in [5, 5.41) is 3.02. The zero-order valence-corrected chi connectivity index (χ0v) is 12.3. The number of urea groups is 1. The van der Waals surface area contributed by atoms with Gasteiger partial charge in [0.15, 0.2) is 0 Å². The van der Waals surface area contributed by atoms with E-state index in [1.165, 1.54) is 0 Å². The molecule has 0 radical (unpaired) electrons. The van der Waals surface area contributed by atoms with Crippen molar-refractivity contribution in [2.24, 2.45) is 5.92 Å². The maximum atomic E-state index is 12.1. The predicted molar refractivity (Wildman–Crippen MR) is 79.4 cm³/mol. The van der Waals surface area contributed by atoms with Crippen LogP contribution in [0.3, 0.4) is 0 Å². The fraction of sp³-hybridized carbons (Fsp3) is 0.562. The van der Waals surface area contributed by atoms with Crippen molar-refractivity contribution in [3.63, 3.8) is 0 Å². The van der Waals surface area contributed by atoms with Gasteiger partial charge < -0.3 is 15.0 Å². The standard InChI is InChI=1S/C16H24N2O2/c1-13-10-15(8-9-20-13)11-17-16(19)18(2)12-14-6-4-3-5-7-14/h3-7,13,15H,8-12H2,1-2H3,(H,17,19). The van der Waals surface area contributed by atoms with Crippen LogP contribution in [0.4, 0.5) is 4.79 Å². The second-order valence-electron chi connectivity index (χ2n) is 5.60. The average Bonchev–Trinajstić information content (AvgIpc) is 2.46. The van der Waals surface area contributed by atoms with Crippen LogP contribution in [-0.2, 0) is 11.3 Å². The van der Waals surface area contributed by atoms with Gasteiger partial charge in [0.25, 0.3) is 0 Å². The van der Waals surface area contributed by atoms with E-state index in [-0.39, 0.29) is 6.03 Å². The Hall–Kier alpha value is -1.55. The summed E-state index contributed by atoms with van der Waals surface area (Å²) in [6, 6.07) is 10.0. The lowest BCUT2D eigenvalue weighted by molar-refractivity contribution is 0.00327. The molecule has 0 aromatic heterocycles. The lowest BCUT2D eigenvalue weighted by atomic mass is 9.96. The zero-order chi connectivity index (χ0) is 14.4. The largest absolute Gasteiger partial charge is 0.378 e. The zero-order valence-electron chi connectivity index (χ0n) is 12.3. The van der Waals surface area contributed by atoms with Crippen LogP contribution < -0.4 is 5.32 Å². The maximum Gasteiger partial charge on any atom is 0.317 e. The quantitative estimate of drug-likeness (QED) is 0.918. The first-order valence-electron chi connectivity index (χ1n) is 7.29. The fourth-order valence-electron chi connectivity index (χ4n) is 2.57. The van der Waals surface area contributed by atoms with E-state index < -0.39 is 0 Å². The molecule has 0 saturated carbocycles. The van der Waals surface area contributed by atoms with E-state index in [1.807, 2.05) is 37.4 Å². The Morgan fingerprint density at radius 2 is 2.15 bits per heavy atom. The van der Waals surface area contributed by atoms with Crippen molar-refractivity contribution in [3.8, 4) is 0 Å². The van der Waals surface area contributed by atoms with Crippen molar-refractivity contribution >= 4 is 6.03 Å². The van der Waals surface area contributed by atoms with Crippen LogP contribution in [-0.4, -0.2) is 37.2 Å². The molecule has 2 amide bonds. The minimum absolute atomic E-state index is 0.00648. The van der Waals surface area contributed by atoms with Gasteiger partial charge >= 0.3 is 6.03 Å². The number of carbonyl (C=O) groups is 1. The first kappa shape index (κ1) is 14.9. The number of hydrogen-bond acceptors (Lipinski definition) is 2. The Morgan fingerprint density at radius 1 is 1.40 bits per heavy atom. The molecule has 1 aliphatic rings. The Bertz CT molecular complexity index is 422. The highest BCUT2D eigenvalue weighted by molar-refractivity contribution is 5.73. The highest BCUT2D eigenvalue weighted by Crippen LogP contribution is 2.18. The monoisotopic (exact) mass is 276 g/mol. The minimum atomic E-state index is -0.00648. The van der Waals surface area contributed by atoms with Gasteiger partial charge in [-0.25, -0.2) is 4.79 Å². The second kappa shape index (κ2) is 7.29. The van der Waals surface area contributed by atoms with Gasteiger partial charge in [0, 0.05) is 26.7 Å². The fourth-order valence-corrected chi connectivity index (χ4v) is 2.57. The molecule has 2 atom stereocenters. The Morgan fingerprint density at radius 3 is 2.85 bits per heavy atom. The van der Waals surface area contributed by atoms with Gasteiger partial charge in [-0.2, -0.15) is 0 Å². The SMILES string of the molecule is CC1CC(CNC(=O)N(C)Cc2ccccc2)CCO1. The predicted octanol–water partition coefficient (Wildman–Crippen LogP) is 2.64. The molecule has 1 saturated heterocycles. The molecule has 110 valence electrons. The number of rotatable bonds is 4. The highest BCUT2D eigenvalue weighted by atomic mass is 16.5. The highest BCUT2D eigenvalue weighted by Gasteiger charge is 2.20. The Kier molecular flexibility index (Phi) is 5.41. The van der Waals surface area contributed by atoms with Crippen LogP contribution in [0.25, 0.3) is 0 Å². The van der Waals surface area contributed by atoms with Gasteiger partial charge in [0.05, 0.1) is 6.10 Å².